The Kier molecular flexibility index (Phi) is 10.6. The lowest BCUT2D eigenvalue weighted by molar-refractivity contribution is 0.0955. The van der Waals surface area contributed by atoms with Crippen molar-refractivity contribution in [2.24, 2.45) is 5.10 Å². The van der Waals surface area contributed by atoms with Crippen molar-refractivity contribution in [3.8, 4) is 28.8 Å². The van der Waals surface area contributed by atoms with Crippen LogP contribution >= 0.6 is 11.3 Å². The van der Waals surface area contributed by atoms with E-state index in [0.29, 0.717) is 35.7 Å². The molecule has 0 aliphatic heterocycles. The minimum Gasteiger partial charge on any atom is -0.490 e. The predicted molar refractivity (Wildman–Crippen MR) is 184 cm³/mol. The van der Waals surface area contributed by atoms with Crippen LogP contribution in [0.3, 0.4) is 0 Å². The predicted octanol–water partition coefficient (Wildman–Crippen LogP) is 8.20. The van der Waals surface area contributed by atoms with Crippen LogP contribution in [0.25, 0.3) is 11.3 Å². The van der Waals surface area contributed by atoms with Crippen molar-refractivity contribution in [3.63, 3.8) is 0 Å². The molecule has 0 aliphatic rings. The molecule has 230 valence electrons. The fourth-order valence-electron chi connectivity index (χ4n) is 4.64. The fraction of sp³-hybridized carbons (Fsp3) is 0.135. The summed E-state index contributed by atoms with van der Waals surface area (Å²) in [4.78, 5) is 17.5. The number of nitrogens with one attached hydrogen (secondary N) is 2. The number of carbonyl (C=O) groups is 1. The molecule has 0 radical (unpaired) electrons. The van der Waals surface area contributed by atoms with Gasteiger partial charge < -0.3 is 14.8 Å². The van der Waals surface area contributed by atoms with Gasteiger partial charge in [-0.15, -0.1) is 17.9 Å². The molecule has 4 aromatic carbocycles. The van der Waals surface area contributed by atoms with E-state index in [9.17, 15) is 10.1 Å². The molecule has 5 rings (SSSR count). The zero-order valence-electron chi connectivity index (χ0n) is 25.6. The number of nitriles is 1. The Hall–Kier alpha value is -5.72. The van der Waals surface area contributed by atoms with Crippen LogP contribution in [0.5, 0.6) is 11.5 Å². The van der Waals surface area contributed by atoms with Gasteiger partial charge >= 0.3 is 0 Å². The van der Waals surface area contributed by atoms with Crippen molar-refractivity contribution < 1.29 is 14.3 Å². The second kappa shape index (κ2) is 15.3. The number of hydrogen-bond donors (Lipinski definition) is 2. The molecule has 1 aromatic heterocycles. The van der Waals surface area contributed by atoms with E-state index in [2.05, 4.69) is 52.5 Å². The van der Waals surface area contributed by atoms with Crippen LogP contribution in [0.1, 0.15) is 45.1 Å². The van der Waals surface area contributed by atoms with Crippen LogP contribution < -0.4 is 20.2 Å². The third-order valence-corrected chi connectivity index (χ3v) is 7.72. The topological polar surface area (TPSA) is 109 Å². The number of amides is 1. The summed E-state index contributed by atoms with van der Waals surface area (Å²) in [6.45, 7) is 8.46. The summed E-state index contributed by atoms with van der Waals surface area (Å²) in [6.07, 6.45) is 3.87. The summed E-state index contributed by atoms with van der Waals surface area (Å²) in [5.74, 6) is 0.781. The number of carbonyl (C=O) groups excluding carboxylic acids is 1. The van der Waals surface area contributed by atoms with Gasteiger partial charge in [0.25, 0.3) is 5.91 Å². The molecule has 5 aromatic rings. The van der Waals surface area contributed by atoms with E-state index in [4.69, 9.17) is 9.47 Å². The highest BCUT2D eigenvalue weighted by atomic mass is 32.1. The van der Waals surface area contributed by atoms with Gasteiger partial charge in [-0.3, -0.25) is 4.79 Å². The molecule has 0 atom stereocenters. The number of benzene rings is 4. The molecule has 0 aliphatic carbocycles. The van der Waals surface area contributed by atoms with Gasteiger partial charge in [-0.05, 0) is 68.3 Å². The average Bonchev–Trinajstić information content (AvgIpc) is 3.54. The highest BCUT2D eigenvalue weighted by Crippen LogP contribution is 2.34. The Morgan fingerprint density at radius 3 is 2.57 bits per heavy atom. The van der Waals surface area contributed by atoms with Crippen molar-refractivity contribution in [3.05, 3.63) is 136 Å². The Morgan fingerprint density at radius 1 is 1.04 bits per heavy atom. The second-order valence-electron chi connectivity index (χ2n) is 10.3. The molecule has 0 saturated heterocycles. The van der Waals surface area contributed by atoms with Crippen LogP contribution in [-0.2, 0) is 13.0 Å². The highest BCUT2D eigenvalue weighted by Gasteiger charge is 2.15. The maximum atomic E-state index is 12.8. The molecule has 46 heavy (non-hydrogen) atoms. The molecule has 0 fully saturated rings. The van der Waals surface area contributed by atoms with E-state index in [1.165, 1.54) is 16.9 Å². The largest absolute Gasteiger partial charge is 0.490 e. The van der Waals surface area contributed by atoms with Gasteiger partial charge in [-0.1, -0.05) is 54.1 Å². The van der Waals surface area contributed by atoms with Crippen LogP contribution in [0.15, 0.2) is 108 Å². The van der Waals surface area contributed by atoms with E-state index < -0.39 is 0 Å². The quantitative estimate of drug-likeness (QED) is 0.0774. The summed E-state index contributed by atoms with van der Waals surface area (Å²) >= 11 is 1.52. The summed E-state index contributed by atoms with van der Waals surface area (Å²) in [6, 6.07) is 28.6. The molecule has 8 nitrogen and oxygen atoms in total. The van der Waals surface area contributed by atoms with Crippen molar-refractivity contribution in [1.82, 2.24) is 10.4 Å². The van der Waals surface area contributed by atoms with Crippen molar-refractivity contribution >= 4 is 34.3 Å². The normalized spacial score (nSPS) is 10.7. The molecule has 1 amide bonds. The molecular formula is C37H33N5O3S. The first-order valence-electron chi connectivity index (χ1n) is 14.7. The van der Waals surface area contributed by atoms with Gasteiger partial charge in [0, 0.05) is 33.3 Å². The maximum Gasteiger partial charge on any atom is 0.271 e. The number of hydrazone groups is 1. The lowest BCUT2D eigenvalue weighted by Gasteiger charge is -2.17. The van der Waals surface area contributed by atoms with Crippen molar-refractivity contribution in [2.75, 3.05) is 11.9 Å². The van der Waals surface area contributed by atoms with Gasteiger partial charge in [0.2, 0.25) is 0 Å². The molecular weight excluding hydrogens is 595 g/mol. The van der Waals surface area contributed by atoms with Crippen LogP contribution in [-0.4, -0.2) is 23.7 Å². The third kappa shape index (κ3) is 8.05. The SMILES string of the molecule is C=CCc1cc(/C=N\NC(=O)c2ccc(-c3csc(Nc4ccc(C)cc4)n3)cc2)cc(OCC)c1OCc1ccccc1C#N. The van der Waals surface area contributed by atoms with Gasteiger partial charge in [-0.2, -0.15) is 10.4 Å². The first-order valence-corrected chi connectivity index (χ1v) is 15.6. The number of rotatable bonds is 13. The summed E-state index contributed by atoms with van der Waals surface area (Å²) < 4.78 is 12.1. The number of thiazole rings is 1. The first kappa shape index (κ1) is 31.7. The van der Waals surface area contributed by atoms with Crippen molar-refractivity contribution in [2.45, 2.75) is 26.9 Å². The number of ether oxygens (including phenoxy) is 2. The molecule has 0 spiro atoms. The standard InChI is InChI=1S/C37H33N5O3S/c1-4-8-29-19-26(20-34(44-5-2)35(29)45-23-31-10-7-6-9-30(31)21-38)22-39-42-36(43)28-15-13-27(14-16-28)33-24-46-37(41-33)40-32-17-11-25(3)12-18-32/h4,6-7,9-20,22,24H,1,5,8,23H2,2-3H3,(H,40,41)(H,42,43)/b39-22-. The van der Waals surface area contributed by atoms with E-state index in [-0.39, 0.29) is 12.5 Å². The molecule has 2 N–H and O–H groups in total. The molecule has 0 unspecified atom stereocenters. The number of aromatic nitrogens is 1. The Bertz CT molecular complexity index is 1890. The average molecular weight is 628 g/mol. The Balaban J connectivity index is 1.24. The lowest BCUT2D eigenvalue weighted by Crippen LogP contribution is -2.17. The lowest BCUT2D eigenvalue weighted by atomic mass is 10.1. The van der Waals surface area contributed by atoms with Crippen LogP contribution in [0.4, 0.5) is 10.8 Å². The highest BCUT2D eigenvalue weighted by molar-refractivity contribution is 7.14. The number of aryl methyl sites for hydroxylation is 1. The van der Waals surface area contributed by atoms with E-state index in [1.54, 1.807) is 30.5 Å². The van der Waals surface area contributed by atoms with Crippen LogP contribution in [0, 0.1) is 18.3 Å². The first-order chi connectivity index (χ1) is 22.5. The summed E-state index contributed by atoms with van der Waals surface area (Å²) in [7, 11) is 0. The monoisotopic (exact) mass is 627 g/mol. The smallest absolute Gasteiger partial charge is 0.271 e. The second-order valence-corrected chi connectivity index (χ2v) is 11.2. The summed E-state index contributed by atoms with van der Waals surface area (Å²) in [5.41, 5.74) is 9.89. The Morgan fingerprint density at radius 2 is 1.83 bits per heavy atom. The zero-order valence-corrected chi connectivity index (χ0v) is 26.4. The molecule has 9 heteroatoms. The number of anilines is 2. The van der Waals surface area contributed by atoms with Gasteiger partial charge in [-0.25, -0.2) is 10.4 Å². The van der Waals surface area contributed by atoms with E-state index >= 15 is 0 Å². The van der Waals surface area contributed by atoms with Crippen LogP contribution in [0.2, 0.25) is 0 Å². The molecule has 0 saturated carbocycles. The minimum atomic E-state index is -0.338. The van der Waals surface area contributed by atoms with Gasteiger partial charge in [0.1, 0.15) is 6.61 Å². The van der Waals surface area contributed by atoms with E-state index in [1.807, 2.05) is 66.9 Å². The van der Waals surface area contributed by atoms with Crippen molar-refractivity contribution in [1.29, 1.82) is 5.26 Å². The zero-order chi connectivity index (χ0) is 32.3. The number of allylic oxidation sites excluding steroid dienone is 1. The molecule has 1 heterocycles. The molecule has 0 bridgehead atoms. The number of hydrogen-bond acceptors (Lipinski definition) is 8. The fourth-order valence-corrected chi connectivity index (χ4v) is 5.38. The summed E-state index contributed by atoms with van der Waals surface area (Å²) in [5, 5.41) is 19.7. The van der Waals surface area contributed by atoms with Gasteiger partial charge in [0.05, 0.1) is 30.1 Å². The van der Waals surface area contributed by atoms with E-state index in [0.717, 1.165) is 38.8 Å². The minimum absolute atomic E-state index is 0.212. The Labute approximate surface area is 272 Å². The van der Waals surface area contributed by atoms with Gasteiger partial charge in [0.15, 0.2) is 16.6 Å². The maximum absolute atomic E-state index is 12.8. The third-order valence-electron chi connectivity index (χ3n) is 6.96. The number of nitrogens with zero attached hydrogens (tertiary/aromatic N) is 3.